The largest absolute Gasteiger partial charge is 0.397 e. The van der Waals surface area contributed by atoms with Crippen molar-refractivity contribution in [2.45, 2.75) is 13.0 Å². The van der Waals surface area contributed by atoms with Gasteiger partial charge >= 0.3 is 0 Å². The molecule has 0 aliphatic rings. The second-order valence-electron chi connectivity index (χ2n) is 6.26. The Morgan fingerprint density at radius 1 is 1.07 bits per heavy atom. The summed E-state index contributed by atoms with van der Waals surface area (Å²) >= 11 is 0. The number of carbonyl (C=O) groups is 1. The molecule has 2 aromatic carbocycles. The minimum absolute atomic E-state index is 0.119. The van der Waals surface area contributed by atoms with Crippen LogP contribution < -0.4 is 16.6 Å². The molecule has 3 N–H and O–H groups in total. The highest BCUT2D eigenvalue weighted by atomic mass is 16.2. The van der Waals surface area contributed by atoms with Crippen molar-refractivity contribution in [1.82, 2.24) is 19.3 Å². The Labute approximate surface area is 160 Å². The second-order valence-corrected chi connectivity index (χ2v) is 6.26. The number of aryl methyl sites for hydroxylation is 1. The van der Waals surface area contributed by atoms with Crippen LogP contribution in [-0.2, 0) is 11.3 Å². The fourth-order valence-electron chi connectivity index (χ4n) is 2.91. The maximum atomic E-state index is 12.7. The molecule has 0 spiro atoms. The van der Waals surface area contributed by atoms with Crippen LogP contribution in [0.5, 0.6) is 0 Å². The van der Waals surface area contributed by atoms with Gasteiger partial charge in [0.05, 0.1) is 29.6 Å². The van der Waals surface area contributed by atoms with Crippen molar-refractivity contribution in [3.05, 3.63) is 77.5 Å². The predicted molar refractivity (Wildman–Crippen MR) is 107 cm³/mol. The molecule has 1 amide bonds. The molecule has 4 rings (SSSR count). The summed E-state index contributed by atoms with van der Waals surface area (Å²) in [4.78, 5) is 29.3. The van der Waals surface area contributed by atoms with Gasteiger partial charge in [-0.2, -0.15) is 5.10 Å². The van der Waals surface area contributed by atoms with E-state index >= 15 is 0 Å². The van der Waals surface area contributed by atoms with E-state index in [4.69, 9.17) is 5.73 Å². The predicted octanol–water partition coefficient (Wildman–Crippen LogP) is 2.19. The Hall–Kier alpha value is -3.94. The molecule has 0 saturated carbocycles. The lowest BCUT2D eigenvalue weighted by Gasteiger charge is -2.09. The van der Waals surface area contributed by atoms with Gasteiger partial charge in [-0.05, 0) is 24.3 Å². The summed E-state index contributed by atoms with van der Waals surface area (Å²) in [6.45, 7) is 0.205. The molecule has 0 aliphatic heterocycles. The van der Waals surface area contributed by atoms with Crippen LogP contribution in [0, 0.1) is 0 Å². The van der Waals surface area contributed by atoms with Crippen LogP contribution in [0.15, 0.2) is 71.9 Å². The van der Waals surface area contributed by atoms with E-state index in [1.807, 2.05) is 30.3 Å². The standard InChI is InChI=1S/C20H18N6O2/c21-16-8-4-5-9-17(16)24-18(27)10-11-25-13-22-19-15(20(25)28)12-23-26(19)14-6-2-1-3-7-14/h1-9,12-13H,10-11,21H2,(H,24,27). The first kappa shape index (κ1) is 17.5. The van der Waals surface area contributed by atoms with E-state index in [-0.39, 0.29) is 24.4 Å². The number of hydrogen-bond donors (Lipinski definition) is 2. The number of carbonyl (C=O) groups excluding carboxylic acids is 1. The lowest BCUT2D eigenvalue weighted by Crippen LogP contribution is -2.23. The Balaban J connectivity index is 1.52. The summed E-state index contributed by atoms with van der Waals surface area (Å²) in [6.07, 6.45) is 3.06. The number of amides is 1. The molecule has 4 aromatic rings. The Kier molecular flexibility index (Phi) is 4.59. The Morgan fingerprint density at radius 3 is 2.61 bits per heavy atom. The fraction of sp³-hybridized carbons (Fsp3) is 0.100. The van der Waals surface area contributed by atoms with Crippen LogP contribution in [0.3, 0.4) is 0 Å². The van der Waals surface area contributed by atoms with Crippen molar-refractivity contribution in [1.29, 1.82) is 0 Å². The van der Waals surface area contributed by atoms with Gasteiger partial charge in [0.2, 0.25) is 5.91 Å². The van der Waals surface area contributed by atoms with Crippen molar-refractivity contribution in [3.8, 4) is 5.69 Å². The van der Waals surface area contributed by atoms with E-state index in [9.17, 15) is 9.59 Å². The van der Waals surface area contributed by atoms with Gasteiger partial charge in [-0.1, -0.05) is 30.3 Å². The molecule has 8 heteroatoms. The number of nitrogens with zero attached hydrogens (tertiary/aromatic N) is 4. The zero-order valence-corrected chi connectivity index (χ0v) is 14.9. The van der Waals surface area contributed by atoms with Crippen LogP contribution in [0.2, 0.25) is 0 Å². The van der Waals surface area contributed by atoms with Crippen molar-refractivity contribution in [2.75, 3.05) is 11.1 Å². The van der Waals surface area contributed by atoms with E-state index in [1.165, 1.54) is 17.1 Å². The van der Waals surface area contributed by atoms with Crippen LogP contribution in [0.25, 0.3) is 16.7 Å². The molecule has 28 heavy (non-hydrogen) atoms. The van der Waals surface area contributed by atoms with E-state index < -0.39 is 0 Å². The molecule has 0 fully saturated rings. The van der Waals surface area contributed by atoms with E-state index in [2.05, 4.69) is 15.4 Å². The number of fused-ring (bicyclic) bond motifs is 1. The molecule has 2 aromatic heterocycles. The average molecular weight is 374 g/mol. The Morgan fingerprint density at radius 2 is 1.82 bits per heavy atom. The number of aromatic nitrogens is 4. The molecular formula is C20H18N6O2. The minimum atomic E-state index is -0.237. The zero-order chi connectivity index (χ0) is 19.5. The smallest absolute Gasteiger partial charge is 0.264 e. The van der Waals surface area contributed by atoms with Crippen LogP contribution in [0.1, 0.15) is 6.42 Å². The number of hydrogen-bond acceptors (Lipinski definition) is 5. The summed E-state index contributed by atoms with van der Waals surface area (Å²) in [5.74, 6) is -0.232. The van der Waals surface area contributed by atoms with E-state index in [1.54, 1.807) is 28.9 Å². The summed E-state index contributed by atoms with van der Waals surface area (Å²) in [7, 11) is 0. The summed E-state index contributed by atoms with van der Waals surface area (Å²) in [5, 5.41) is 7.42. The lowest BCUT2D eigenvalue weighted by molar-refractivity contribution is -0.116. The highest BCUT2D eigenvalue weighted by Gasteiger charge is 2.12. The van der Waals surface area contributed by atoms with E-state index in [0.717, 1.165) is 5.69 Å². The van der Waals surface area contributed by atoms with Gasteiger partial charge < -0.3 is 11.1 Å². The Bertz CT molecular complexity index is 1200. The monoisotopic (exact) mass is 374 g/mol. The normalized spacial score (nSPS) is 10.9. The molecule has 0 saturated heterocycles. The first-order chi connectivity index (χ1) is 13.6. The first-order valence-electron chi connectivity index (χ1n) is 8.76. The van der Waals surface area contributed by atoms with Gasteiger partial charge in [-0.3, -0.25) is 14.2 Å². The SMILES string of the molecule is Nc1ccccc1NC(=O)CCn1cnc2c(cnn2-c2ccccc2)c1=O. The van der Waals surface area contributed by atoms with E-state index in [0.29, 0.717) is 22.4 Å². The summed E-state index contributed by atoms with van der Waals surface area (Å²) < 4.78 is 3.03. The molecule has 0 unspecified atom stereocenters. The quantitative estimate of drug-likeness (QED) is 0.521. The number of nitrogens with two attached hydrogens (primary N) is 1. The number of rotatable bonds is 5. The number of benzene rings is 2. The van der Waals surface area contributed by atoms with Crippen LogP contribution in [0.4, 0.5) is 11.4 Å². The first-order valence-corrected chi connectivity index (χ1v) is 8.76. The fourth-order valence-corrected chi connectivity index (χ4v) is 2.91. The topological polar surface area (TPSA) is 108 Å². The molecule has 0 atom stereocenters. The average Bonchev–Trinajstić information content (AvgIpc) is 3.15. The van der Waals surface area contributed by atoms with Gasteiger partial charge in [0.25, 0.3) is 5.56 Å². The number of anilines is 2. The number of nitrogens with one attached hydrogen (secondary N) is 1. The van der Waals surface area contributed by atoms with Gasteiger partial charge in [0, 0.05) is 13.0 Å². The number of para-hydroxylation sites is 3. The van der Waals surface area contributed by atoms with Gasteiger partial charge in [-0.15, -0.1) is 0 Å². The maximum absolute atomic E-state index is 12.7. The highest BCUT2D eigenvalue weighted by Crippen LogP contribution is 2.17. The molecule has 0 bridgehead atoms. The second kappa shape index (κ2) is 7.36. The van der Waals surface area contributed by atoms with Crippen molar-refractivity contribution in [3.63, 3.8) is 0 Å². The van der Waals surface area contributed by atoms with Gasteiger partial charge in [0.15, 0.2) is 5.65 Å². The summed E-state index contributed by atoms with van der Waals surface area (Å²) in [5.41, 5.74) is 7.93. The maximum Gasteiger partial charge on any atom is 0.264 e. The lowest BCUT2D eigenvalue weighted by atomic mass is 10.2. The van der Waals surface area contributed by atoms with Crippen LogP contribution >= 0.6 is 0 Å². The zero-order valence-electron chi connectivity index (χ0n) is 14.9. The molecule has 140 valence electrons. The molecule has 2 heterocycles. The summed E-state index contributed by atoms with van der Waals surface area (Å²) in [6, 6.07) is 16.5. The highest BCUT2D eigenvalue weighted by molar-refractivity contribution is 5.93. The van der Waals surface area contributed by atoms with Crippen molar-refractivity contribution < 1.29 is 4.79 Å². The molecular weight excluding hydrogens is 356 g/mol. The van der Waals surface area contributed by atoms with Crippen molar-refractivity contribution >= 4 is 28.3 Å². The van der Waals surface area contributed by atoms with Gasteiger partial charge in [0.1, 0.15) is 5.39 Å². The molecule has 0 radical (unpaired) electrons. The third-order valence-electron chi connectivity index (χ3n) is 4.37. The van der Waals surface area contributed by atoms with Crippen LogP contribution in [-0.4, -0.2) is 25.2 Å². The number of nitrogen functional groups attached to an aromatic ring is 1. The third-order valence-corrected chi connectivity index (χ3v) is 4.37. The molecule has 8 nitrogen and oxygen atoms in total. The third kappa shape index (κ3) is 3.35. The molecule has 0 aliphatic carbocycles. The minimum Gasteiger partial charge on any atom is -0.397 e. The van der Waals surface area contributed by atoms with Gasteiger partial charge in [-0.25, -0.2) is 9.67 Å². The van der Waals surface area contributed by atoms with Crippen molar-refractivity contribution in [2.24, 2.45) is 0 Å².